The maximum absolute atomic E-state index is 12.5. The van der Waals surface area contributed by atoms with E-state index in [0.29, 0.717) is 10.8 Å². The van der Waals surface area contributed by atoms with Gasteiger partial charge in [-0.1, -0.05) is 42.3 Å². The van der Waals surface area contributed by atoms with Crippen molar-refractivity contribution in [2.45, 2.75) is 45.7 Å². The number of imidazole rings is 1. The van der Waals surface area contributed by atoms with Crippen LogP contribution < -0.4 is 10.1 Å². The number of piperidine rings is 1. The number of hydrogen-bond donors (Lipinski definition) is 1. The van der Waals surface area contributed by atoms with Crippen LogP contribution in [-0.2, 0) is 11.3 Å². The van der Waals surface area contributed by atoms with Crippen LogP contribution in [-0.4, -0.2) is 46.0 Å². The Morgan fingerprint density at radius 1 is 1.11 bits per heavy atom. The molecule has 1 aromatic heterocycles. The van der Waals surface area contributed by atoms with E-state index in [1.807, 2.05) is 73.1 Å². The van der Waals surface area contributed by atoms with Crippen LogP contribution in [0.1, 0.15) is 33.1 Å². The third kappa shape index (κ3) is 7.20. The van der Waals surface area contributed by atoms with Gasteiger partial charge >= 0.3 is 0 Å². The molecule has 2 heterocycles. The number of hydrogen-bond acceptors (Lipinski definition) is 4. The van der Waals surface area contributed by atoms with Crippen LogP contribution in [0.15, 0.2) is 67.1 Å². The fourth-order valence-electron chi connectivity index (χ4n) is 4.25. The van der Waals surface area contributed by atoms with Gasteiger partial charge in [-0.2, -0.15) is 0 Å². The van der Waals surface area contributed by atoms with Gasteiger partial charge in [0.05, 0.1) is 12.0 Å². The van der Waals surface area contributed by atoms with Crippen LogP contribution in [0, 0.1) is 0 Å². The van der Waals surface area contributed by atoms with Gasteiger partial charge in [0, 0.05) is 34.9 Å². The molecule has 1 amide bonds. The van der Waals surface area contributed by atoms with Crippen LogP contribution in [0.25, 0.3) is 22.6 Å². The molecule has 0 unspecified atom stereocenters. The summed E-state index contributed by atoms with van der Waals surface area (Å²) in [6.07, 6.45) is 9.62. The molecule has 0 atom stereocenters. The zero-order valence-corrected chi connectivity index (χ0v) is 21.2. The van der Waals surface area contributed by atoms with Crippen molar-refractivity contribution in [3.05, 3.63) is 72.1 Å². The molecule has 0 aliphatic carbocycles. The minimum atomic E-state index is -0.0665. The number of aromatic nitrogens is 2. The number of nitrogens with zero attached hydrogens (tertiary/aromatic N) is 3. The molecule has 7 heteroatoms. The van der Waals surface area contributed by atoms with Crippen LogP contribution in [0.3, 0.4) is 0 Å². The number of nitrogens with one attached hydrogen (secondary N) is 1. The Hall–Kier alpha value is -3.09. The first-order chi connectivity index (χ1) is 17.0. The molecule has 184 valence electrons. The van der Waals surface area contributed by atoms with E-state index in [1.54, 1.807) is 6.26 Å². The van der Waals surface area contributed by atoms with Crippen LogP contribution >= 0.6 is 11.6 Å². The quantitative estimate of drug-likeness (QED) is 0.385. The Labute approximate surface area is 212 Å². The maximum atomic E-state index is 12.5. The van der Waals surface area contributed by atoms with Gasteiger partial charge in [0.25, 0.3) is 0 Å². The van der Waals surface area contributed by atoms with Gasteiger partial charge in [-0.3, -0.25) is 9.69 Å². The first kappa shape index (κ1) is 25.0. The molecule has 1 saturated heterocycles. The molecule has 1 N–H and O–H groups in total. The van der Waals surface area contributed by atoms with Crippen molar-refractivity contribution in [1.29, 1.82) is 0 Å². The van der Waals surface area contributed by atoms with E-state index in [1.165, 1.54) is 19.3 Å². The van der Waals surface area contributed by atoms with Crippen molar-refractivity contribution in [3.8, 4) is 28.4 Å². The predicted molar refractivity (Wildman–Crippen MR) is 141 cm³/mol. The first-order valence-electron chi connectivity index (χ1n) is 12.2. The second kappa shape index (κ2) is 12.0. The van der Waals surface area contributed by atoms with Crippen LogP contribution in [0.2, 0.25) is 5.02 Å². The molecule has 3 aromatic rings. The third-order valence-electron chi connectivity index (χ3n) is 5.87. The summed E-state index contributed by atoms with van der Waals surface area (Å²) in [4.78, 5) is 19.8. The average Bonchev–Trinajstić information content (AvgIpc) is 3.26. The van der Waals surface area contributed by atoms with Crippen molar-refractivity contribution in [2.75, 3.05) is 19.6 Å². The molecular formula is C28H33ClN4O2. The topological polar surface area (TPSA) is 59.4 Å². The van der Waals surface area contributed by atoms with E-state index in [4.69, 9.17) is 21.3 Å². The standard InChI is InChI=1S/C28H33ClN4O2/c1-21(2)30-27(34)20-33-19-26(31-28(33)23-10-6-11-24(29)17-23)22-9-7-12-25(18-22)35-16-8-15-32-13-4-3-5-14-32/h6-12,16-19,21H,3-5,13-15,20H2,1-2H3,(H,30,34)/b16-8+. The van der Waals surface area contributed by atoms with Gasteiger partial charge in [0.15, 0.2) is 0 Å². The summed E-state index contributed by atoms with van der Waals surface area (Å²) in [6.45, 7) is 7.29. The molecule has 0 spiro atoms. The van der Waals surface area contributed by atoms with Crippen molar-refractivity contribution < 1.29 is 9.53 Å². The summed E-state index contributed by atoms with van der Waals surface area (Å²) in [6, 6.07) is 15.4. The zero-order chi connectivity index (χ0) is 24.6. The Bertz CT molecular complexity index is 1170. The fourth-order valence-corrected chi connectivity index (χ4v) is 4.44. The molecule has 2 aromatic carbocycles. The smallest absolute Gasteiger partial charge is 0.240 e. The number of carbonyl (C=O) groups is 1. The van der Waals surface area contributed by atoms with Gasteiger partial charge < -0.3 is 14.6 Å². The predicted octanol–water partition coefficient (Wildman–Crippen LogP) is 5.77. The molecule has 1 aliphatic rings. The van der Waals surface area contributed by atoms with Gasteiger partial charge in [0.2, 0.25) is 5.91 Å². The van der Waals surface area contributed by atoms with E-state index in [0.717, 1.165) is 42.2 Å². The first-order valence-corrected chi connectivity index (χ1v) is 12.6. The molecule has 1 aliphatic heterocycles. The molecule has 0 radical (unpaired) electrons. The number of likely N-dealkylation sites (tertiary alicyclic amines) is 1. The monoisotopic (exact) mass is 492 g/mol. The lowest BCUT2D eigenvalue weighted by molar-refractivity contribution is -0.122. The van der Waals surface area contributed by atoms with Gasteiger partial charge in [-0.05, 0) is 70.1 Å². The lowest BCUT2D eigenvalue weighted by atomic mass is 10.1. The van der Waals surface area contributed by atoms with E-state index in [-0.39, 0.29) is 18.5 Å². The molecule has 6 nitrogen and oxygen atoms in total. The van der Waals surface area contributed by atoms with Crippen LogP contribution in [0.4, 0.5) is 0 Å². The Morgan fingerprint density at radius 3 is 2.66 bits per heavy atom. The minimum Gasteiger partial charge on any atom is -0.465 e. The number of amides is 1. The summed E-state index contributed by atoms with van der Waals surface area (Å²) in [5, 5.41) is 3.57. The van der Waals surface area contributed by atoms with E-state index >= 15 is 0 Å². The Kier molecular flexibility index (Phi) is 8.61. The number of benzene rings is 2. The summed E-state index contributed by atoms with van der Waals surface area (Å²) in [7, 11) is 0. The minimum absolute atomic E-state index is 0.0665. The van der Waals surface area contributed by atoms with Crippen molar-refractivity contribution >= 4 is 17.5 Å². The van der Waals surface area contributed by atoms with E-state index in [9.17, 15) is 4.79 Å². The summed E-state index contributed by atoms with van der Waals surface area (Å²) in [5.41, 5.74) is 2.53. The van der Waals surface area contributed by atoms with Crippen molar-refractivity contribution in [3.63, 3.8) is 0 Å². The second-order valence-electron chi connectivity index (χ2n) is 9.19. The van der Waals surface area contributed by atoms with Gasteiger partial charge in [-0.25, -0.2) is 4.98 Å². The Morgan fingerprint density at radius 2 is 1.89 bits per heavy atom. The summed E-state index contributed by atoms with van der Waals surface area (Å²) >= 11 is 6.23. The van der Waals surface area contributed by atoms with Crippen LogP contribution in [0.5, 0.6) is 5.75 Å². The highest BCUT2D eigenvalue weighted by molar-refractivity contribution is 6.30. The summed E-state index contributed by atoms with van der Waals surface area (Å²) < 4.78 is 7.75. The largest absolute Gasteiger partial charge is 0.465 e. The number of rotatable bonds is 9. The SMILES string of the molecule is CC(C)NC(=O)Cn1cc(-c2cccc(O/C=C/CN3CCCCC3)c2)nc1-c1cccc(Cl)c1. The molecule has 1 fully saturated rings. The van der Waals surface area contributed by atoms with Crippen molar-refractivity contribution in [1.82, 2.24) is 19.8 Å². The average molecular weight is 493 g/mol. The molecular weight excluding hydrogens is 460 g/mol. The normalized spacial score (nSPS) is 14.5. The van der Waals surface area contributed by atoms with E-state index in [2.05, 4.69) is 16.3 Å². The second-order valence-corrected chi connectivity index (χ2v) is 9.63. The number of carbonyl (C=O) groups excluding carboxylic acids is 1. The number of halogens is 1. The molecule has 4 rings (SSSR count). The highest BCUT2D eigenvalue weighted by Crippen LogP contribution is 2.28. The fraction of sp³-hybridized carbons (Fsp3) is 0.357. The van der Waals surface area contributed by atoms with Gasteiger partial charge in [-0.15, -0.1) is 0 Å². The molecule has 0 saturated carbocycles. The highest BCUT2D eigenvalue weighted by Gasteiger charge is 2.15. The number of ether oxygens (including phenoxy) is 1. The maximum Gasteiger partial charge on any atom is 0.240 e. The zero-order valence-electron chi connectivity index (χ0n) is 20.4. The lowest BCUT2D eigenvalue weighted by Crippen LogP contribution is -2.33. The highest BCUT2D eigenvalue weighted by atomic mass is 35.5. The van der Waals surface area contributed by atoms with Crippen molar-refractivity contribution in [2.24, 2.45) is 0 Å². The molecule has 35 heavy (non-hydrogen) atoms. The lowest BCUT2D eigenvalue weighted by Gasteiger charge is -2.24. The third-order valence-corrected chi connectivity index (χ3v) is 6.10. The molecule has 0 bridgehead atoms. The van der Waals surface area contributed by atoms with Gasteiger partial charge in [0.1, 0.15) is 18.1 Å². The Balaban J connectivity index is 1.53. The van der Waals surface area contributed by atoms with E-state index < -0.39 is 0 Å². The summed E-state index contributed by atoms with van der Waals surface area (Å²) in [5.74, 6) is 1.37.